The van der Waals surface area contributed by atoms with E-state index in [1.165, 1.54) is 0 Å². The Balaban J connectivity index is 3.47. The van der Waals surface area contributed by atoms with Crippen molar-refractivity contribution in [2.45, 2.75) is 78.5 Å². The van der Waals surface area contributed by atoms with E-state index in [0.717, 1.165) is 28.9 Å². The number of carbonyl (C=O) groups excluding carboxylic acids is 4. The van der Waals surface area contributed by atoms with Crippen molar-refractivity contribution in [3.8, 4) is 6.07 Å². The molecule has 10 nitrogen and oxygen atoms in total. The number of amides is 4. The van der Waals surface area contributed by atoms with Crippen molar-refractivity contribution in [2.75, 3.05) is 13.1 Å². The standard InChI is InChI=1S/C25H37N5O5/c1-7-8-12-28-22(32)21(18-10-9-16(2)14-17(18)3)30(13-11-26)23(33)19(15-20(27)31)29-24(34)35-25(4,5)6/h9-10,14,19,21H,7-8,12-13,15H2,1-6H3,(H2,27,31)(H,28,32)(H,29,34). The molecule has 0 bridgehead atoms. The van der Waals surface area contributed by atoms with Crippen LogP contribution in [0, 0.1) is 25.2 Å². The minimum Gasteiger partial charge on any atom is -0.444 e. The maximum atomic E-state index is 13.6. The number of hydrogen-bond acceptors (Lipinski definition) is 6. The van der Waals surface area contributed by atoms with Gasteiger partial charge in [0.2, 0.25) is 17.7 Å². The zero-order valence-electron chi connectivity index (χ0n) is 21.4. The van der Waals surface area contributed by atoms with Gasteiger partial charge in [0.05, 0.1) is 12.5 Å². The molecule has 0 spiro atoms. The van der Waals surface area contributed by atoms with E-state index < -0.39 is 54.5 Å². The Morgan fingerprint density at radius 1 is 1.20 bits per heavy atom. The third kappa shape index (κ3) is 9.65. The number of alkyl carbamates (subject to hydrolysis) is 1. The number of aryl methyl sites for hydroxylation is 2. The lowest BCUT2D eigenvalue weighted by molar-refractivity contribution is -0.142. The van der Waals surface area contributed by atoms with Crippen molar-refractivity contribution in [3.63, 3.8) is 0 Å². The fourth-order valence-electron chi connectivity index (χ4n) is 3.49. The zero-order chi connectivity index (χ0) is 26.8. The molecular weight excluding hydrogens is 450 g/mol. The molecule has 0 radical (unpaired) electrons. The number of ether oxygens (including phenoxy) is 1. The third-order valence-electron chi connectivity index (χ3n) is 5.03. The zero-order valence-corrected chi connectivity index (χ0v) is 21.4. The summed E-state index contributed by atoms with van der Waals surface area (Å²) in [6, 6.07) is 4.75. The van der Waals surface area contributed by atoms with Crippen LogP contribution in [0.4, 0.5) is 4.79 Å². The SMILES string of the molecule is CCCCNC(=O)C(c1ccc(C)cc1C)N(CC#N)C(=O)C(CC(N)=O)NC(=O)OC(C)(C)C. The second-order valence-electron chi connectivity index (χ2n) is 9.40. The minimum atomic E-state index is -1.42. The molecular formula is C25H37N5O5. The molecule has 10 heteroatoms. The normalized spacial score (nSPS) is 12.6. The number of primary amides is 1. The van der Waals surface area contributed by atoms with Crippen molar-refractivity contribution < 1.29 is 23.9 Å². The number of hydrogen-bond donors (Lipinski definition) is 3. The molecule has 0 saturated carbocycles. The molecule has 4 amide bonds. The average Bonchev–Trinajstić information content (AvgIpc) is 2.72. The predicted molar refractivity (Wildman–Crippen MR) is 131 cm³/mol. The van der Waals surface area contributed by atoms with Gasteiger partial charge in [-0.2, -0.15) is 5.26 Å². The molecule has 1 aromatic carbocycles. The molecule has 0 aromatic heterocycles. The monoisotopic (exact) mass is 487 g/mol. The Morgan fingerprint density at radius 3 is 2.37 bits per heavy atom. The van der Waals surface area contributed by atoms with Gasteiger partial charge in [0.25, 0.3) is 0 Å². The fourth-order valence-corrected chi connectivity index (χ4v) is 3.49. The Hall–Kier alpha value is -3.61. The van der Waals surface area contributed by atoms with Gasteiger partial charge >= 0.3 is 6.09 Å². The molecule has 0 aliphatic heterocycles. The van der Waals surface area contributed by atoms with Gasteiger partial charge in [-0.1, -0.05) is 37.1 Å². The highest BCUT2D eigenvalue weighted by molar-refractivity contribution is 5.94. The highest BCUT2D eigenvalue weighted by Gasteiger charge is 2.37. The summed E-state index contributed by atoms with van der Waals surface area (Å²) >= 11 is 0. The Morgan fingerprint density at radius 2 is 1.86 bits per heavy atom. The second kappa shape index (κ2) is 13.3. The van der Waals surface area contributed by atoms with Crippen LogP contribution in [0.3, 0.4) is 0 Å². The van der Waals surface area contributed by atoms with Crippen LogP contribution < -0.4 is 16.4 Å². The van der Waals surface area contributed by atoms with Crippen LogP contribution in [0.5, 0.6) is 0 Å². The van der Waals surface area contributed by atoms with E-state index in [-0.39, 0.29) is 0 Å². The molecule has 1 aromatic rings. The van der Waals surface area contributed by atoms with E-state index in [1.807, 2.05) is 39.0 Å². The lowest BCUT2D eigenvalue weighted by Gasteiger charge is -2.33. The first-order valence-electron chi connectivity index (χ1n) is 11.6. The van der Waals surface area contributed by atoms with Crippen molar-refractivity contribution in [1.82, 2.24) is 15.5 Å². The van der Waals surface area contributed by atoms with E-state index in [1.54, 1.807) is 26.8 Å². The molecule has 0 aliphatic rings. The van der Waals surface area contributed by atoms with Crippen molar-refractivity contribution >= 4 is 23.8 Å². The lowest BCUT2D eigenvalue weighted by Crippen LogP contribution is -2.54. The summed E-state index contributed by atoms with van der Waals surface area (Å²) in [6.45, 7) is 10.6. The third-order valence-corrected chi connectivity index (χ3v) is 5.03. The number of nitrogens with zero attached hydrogens (tertiary/aromatic N) is 2. The Kier molecular flexibility index (Phi) is 11.2. The van der Waals surface area contributed by atoms with Crippen molar-refractivity contribution in [2.24, 2.45) is 5.73 Å². The summed E-state index contributed by atoms with van der Waals surface area (Å²) in [7, 11) is 0. The first kappa shape index (κ1) is 29.4. The van der Waals surface area contributed by atoms with Gasteiger partial charge in [-0.3, -0.25) is 14.4 Å². The quantitative estimate of drug-likeness (QED) is 0.321. The molecule has 192 valence electrons. The molecule has 35 heavy (non-hydrogen) atoms. The van der Waals surface area contributed by atoms with Crippen LogP contribution in [0.25, 0.3) is 0 Å². The second-order valence-corrected chi connectivity index (χ2v) is 9.40. The van der Waals surface area contributed by atoms with Gasteiger partial charge in [-0.15, -0.1) is 0 Å². The molecule has 0 saturated heterocycles. The number of nitrogens with one attached hydrogen (secondary N) is 2. The van der Waals surface area contributed by atoms with Gasteiger partial charge < -0.3 is 26.0 Å². The topological polar surface area (TPSA) is 155 Å². The van der Waals surface area contributed by atoms with E-state index in [4.69, 9.17) is 10.5 Å². The summed E-state index contributed by atoms with van der Waals surface area (Å²) in [4.78, 5) is 52.1. The van der Waals surface area contributed by atoms with Crippen LogP contribution in [0.15, 0.2) is 18.2 Å². The molecule has 2 atom stereocenters. The molecule has 0 heterocycles. The molecule has 4 N–H and O–H groups in total. The highest BCUT2D eigenvalue weighted by Crippen LogP contribution is 2.26. The number of benzene rings is 1. The number of rotatable bonds is 11. The largest absolute Gasteiger partial charge is 0.444 e. The number of nitriles is 1. The summed E-state index contributed by atoms with van der Waals surface area (Å²) < 4.78 is 5.21. The molecule has 0 fully saturated rings. The van der Waals surface area contributed by atoms with Gasteiger partial charge in [-0.05, 0) is 52.2 Å². The number of unbranched alkanes of at least 4 members (excludes halogenated alkanes) is 1. The van der Waals surface area contributed by atoms with Crippen LogP contribution in [0.2, 0.25) is 0 Å². The molecule has 0 aliphatic carbocycles. The number of nitrogens with two attached hydrogens (primary N) is 1. The Labute approximate surface area is 207 Å². The van der Waals surface area contributed by atoms with Crippen LogP contribution in [-0.4, -0.2) is 53.4 Å². The van der Waals surface area contributed by atoms with E-state index in [2.05, 4.69) is 10.6 Å². The lowest BCUT2D eigenvalue weighted by atomic mass is 9.96. The van der Waals surface area contributed by atoms with Gasteiger partial charge in [0.15, 0.2) is 0 Å². The van der Waals surface area contributed by atoms with Gasteiger partial charge in [0.1, 0.15) is 24.2 Å². The van der Waals surface area contributed by atoms with E-state index >= 15 is 0 Å². The fraction of sp³-hybridized carbons (Fsp3) is 0.560. The van der Waals surface area contributed by atoms with Crippen LogP contribution >= 0.6 is 0 Å². The maximum Gasteiger partial charge on any atom is 0.408 e. The van der Waals surface area contributed by atoms with Gasteiger partial charge in [-0.25, -0.2) is 4.79 Å². The summed E-state index contributed by atoms with van der Waals surface area (Å²) in [5.74, 6) is -2.11. The van der Waals surface area contributed by atoms with Crippen LogP contribution in [-0.2, 0) is 19.1 Å². The van der Waals surface area contributed by atoms with Crippen molar-refractivity contribution in [3.05, 3.63) is 34.9 Å². The summed E-state index contributed by atoms with van der Waals surface area (Å²) in [5.41, 5.74) is 6.73. The molecule has 2 unspecified atom stereocenters. The van der Waals surface area contributed by atoms with Crippen LogP contribution in [0.1, 0.15) is 69.7 Å². The first-order valence-corrected chi connectivity index (χ1v) is 11.6. The van der Waals surface area contributed by atoms with Crippen molar-refractivity contribution in [1.29, 1.82) is 5.26 Å². The minimum absolute atomic E-state index is 0.395. The average molecular weight is 488 g/mol. The summed E-state index contributed by atoms with van der Waals surface area (Å²) in [5, 5.41) is 14.7. The first-order chi connectivity index (χ1) is 16.3. The highest BCUT2D eigenvalue weighted by atomic mass is 16.6. The smallest absolute Gasteiger partial charge is 0.408 e. The Bertz CT molecular complexity index is 964. The summed E-state index contributed by atoms with van der Waals surface area (Å²) in [6.07, 6.45) is 0.138. The maximum absolute atomic E-state index is 13.6. The van der Waals surface area contributed by atoms with E-state index in [0.29, 0.717) is 12.1 Å². The number of carbonyl (C=O) groups is 4. The predicted octanol–water partition coefficient (Wildman–Crippen LogP) is 2.38. The molecule has 1 rings (SSSR count). The van der Waals surface area contributed by atoms with E-state index in [9.17, 15) is 24.4 Å². The van der Waals surface area contributed by atoms with Gasteiger partial charge in [0, 0.05) is 6.54 Å².